The third-order valence-electron chi connectivity index (χ3n) is 1.94. The number of hydrogen-bond donors (Lipinski definition) is 0. The molecular weight excluding hydrogens is 224 g/mol. The Balaban J connectivity index is 2.77. The number of rotatable bonds is 2. The maximum Gasteiger partial charge on any atom is 0.417 e. The molecule has 0 saturated carbocycles. The highest BCUT2D eigenvalue weighted by Gasteiger charge is 2.14. The van der Waals surface area contributed by atoms with Gasteiger partial charge in [0.05, 0.1) is 5.56 Å². The zero-order chi connectivity index (χ0) is 13.0. The van der Waals surface area contributed by atoms with Gasteiger partial charge in [-0.05, 0) is 12.1 Å². The molecule has 0 unspecified atom stereocenters. The number of ether oxygens (including phenoxy) is 1. The predicted octanol–water partition coefficient (Wildman–Crippen LogP) is 1.37. The van der Waals surface area contributed by atoms with E-state index in [-0.39, 0.29) is 5.56 Å². The SMILES string of the molecule is C=[N+]([O-])c1ccc(C(=O)OC(=O)N(C)C)cc1. The molecule has 0 saturated heterocycles. The molecule has 0 heterocycles. The van der Waals surface area contributed by atoms with Crippen LogP contribution in [0.1, 0.15) is 10.4 Å². The monoisotopic (exact) mass is 236 g/mol. The van der Waals surface area contributed by atoms with Gasteiger partial charge in [0.25, 0.3) is 0 Å². The van der Waals surface area contributed by atoms with Crippen molar-refractivity contribution in [1.29, 1.82) is 0 Å². The summed E-state index contributed by atoms with van der Waals surface area (Å²) in [6.07, 6.45) is -0.748. The van der Waals surface area contributed by atoms with E-state index < -0.39 is 12.1 Å². The third kappa shape index (κ3) is 3.30. The molecule has 0 spiro atoms. The van der Waals surface area contributed by atoms with E-state index >= 15 is 0 Å². The van der Waals surface area contributed by atoms with Crippen molar-refractivity contribution in [3.8, 4) is 0 Å². The second-order valence-corrected chi connectivity index (χ2v) is 3.48. The van der Waals surface area contributed by atoms with Gasteiger partial charge < -0.3 is 14.8 Å². The van der Waals surface area contributed by atoms with Crippen LogP contribution in [0.2, 0.25) is 0 Å². The second-order valence-electron chi connectivity index (χ2n) is 3.48. The van der Waals surface area contributed by atoms with E-state index in [1.807, 2.05) is 0 Å². The lowest BCUT2D eigenvalue weighted by atomic mass is 10.2. The molecule has 0 atom stereocenters. The van der Waals surface area contributed by atoms with E-state index in [0.717, 1.165) is 4.90 Å². The molecule has 6 heteroatoms. The average Bonchev–Trinajstić information content (AvgIpc) is 2.28. The Labute approximate surface area is 98.3 Å². The van der Waals surface area contributed by atoms with E-state index in [1.54, 1.807) is 0 Å². The molecule has 0 aliphatic rings. The van der Waals surface area contributed by atoms with Crippen LogP contribution < -0.4 is 0 Å². The van der Waals surface area contributed by atoms with Gasteiger partial charge in [0.2, 0.25) is 5.69 Å². The van der Waals surface area contributed by atoms with Crippen molar-refractivity contribution in [3.63, 3.8) is 0 Å². The molecule has 0 radical (unpaired) electrons. The summed E-state index contributed by atoms with van der Waals surface area (Å²) < 4.78 is 4.96. The standard InChI is InChI=1S/C11H12N2O4/c1-12(2)11(15)17-10(14)8-4-6-9(7-5-8)13(3)16/h4-7H,3H2,1-2H3. The van der Waals surface area contributed by atoms with E-state index in [2.05, 4.69) is 11.5 Å². The van der Waals surface area contributed by atoms with Crippen molar-refractivity contribution in [1.82, 2.24) is 4.90 Å². The van der Waals surface area contributed by atoms with Gasteiger partial charge in [0, 0.05) is 26.2 Å². The summed E-state index contributed by atoms with van der Waals surface area (Å²) in [5, 5.41) is 10.8. The van der Waals surface area contributed by atoms with Gasteiger partial charge in [-0.3, -0.25) is 0 Å². The van der Waals surface area contributed by atoms with Crippen LogP contribution >= 0.6 is 0 Å². The first kappa shape index (κ1) is 12.7. The van der Waals surface area contributed by atoms with Crippen molar-refractivity contribution in [2.75, 3.05) is 14.1 Å². The molecule has 1 aromatic carbocycles. The summed E-state index contributed by atoms with van der Waals surface area (Å²) >= 11 is 0. The quantitative estimate of drug-likeness (QED) is 0.194. The summed E-state index contributed by atoms with van der Waals surface area (Å²) in [6.45, 7) is 3.16. The predicted molar refractivity (Wildman–Crippen MR) is 61.3 cm³/mol. The number of benzene rings is 1. The van der Waals surface area contributed by atoms with Gasteiger partial charge in [-0.15, -0.1) is 0 Å². The van der Waals surface area contributed by atoms with Crippen LogP contribution in [0.25, 0.3) is 0 Å². The first-order valence-electron chi connectivity index (χ1n) is 4.73. The minimum Gasteiger partial charge on any atom is -0.619 e. The smallest absolute Gasteiger partial charge is 0.417 e. The Kier molecular flexibility index (Phi) is 3.82. The first-order valence-corrected chi connectivity index (χ1v) is 4.73. The van der Waals surface area contributed by atoms with Gasteiger partial charge >= 0.3 is 12.1 Å². The maximum absolute atomic E-state index is 11.5. The van der Waals surface area contributed by atoms with Crippen molar-refractivity contribution in [2.45, 2.75) is 0 Å². The summed E-state index contributed by atoms with van der Waals surface area (Å²) in [5.41, 5.74) is 0.492. The zero-order valence-electron chi connectivity index (χ0n) is 9.54. The maximum atomic E-state index is 11.5. The minimum atomic E-state index is -0.767. The van der Waals surface area contributed by atoms with Crippen LogP contribution in [-0.4, -0.2) is 42.5 Å². The van der Waals surface area contributed by atoms with Crippen LogP contribution in [0, 0.1) is 5.21 Å². The van der Waals surface area contributed by atoms with Crippen molar-refractivity contribution in [2.24, 2.45) is 0 Å². The van der Waals surface area contributed by atoms with Gasteiger partial charge in [-0.25, -0.2) is 9.59 Å². The fourth-order valence-electron chi connectivity index (χ4n) is 0.993. The van der Waals surface area contributed by atoms with Crippen molar-refractivity contribution >= 4 is 24.5 Å². The number of nitrogens with zero attached hydrogens (tertiary/aromatic N) is 2. The highest BCUT2D eigenvalue weighted by molar-refractivity contribution is 5.96. The lowest BCUT2D eigenvalue weighted by Crippen LogP contribution is -2.25. The molecule has 6 nitrogen and oxygen atoms in total. The molecule has 0 bridgehead atoms. The van der Waals surface area contributed by atoms with Gasteiger partial charge in [-0.1, -0.05) is 0 Å². The topological polar surface area (TPSA) is 72.7 Å². The summed E-state index contributed by atoms with van der Waals surface area (Å²) in [5.74, 6) is -0.767. The molecule has 0 N–H and O–H groups in total. The average molecular weight is 236 g/mol. The highest BCUT2D eigenvalue weighted by atomic mass is 16.6. The Hall–Kier alpha value is -2.37. The Bertz CT molecular complexity index is 451. The van der Waals surface area contributed by atoms with Crippen LogP contribution in [0.3, 0.4) is 0 Å². The number of amides is 1. The first-order chi connectivity index (χ1) is 7.91. The van der Waals surface area contributed by atoms with Crippen LogP contribution in [0.4, 0.5) is 10.5 Å². The fourth-order valence-corrected chi connectivity index (χ4v) is 0.993. The van der Waals surface area contributed by atoms with E-state index in [0.29, 0.717) is 10.4 Å². The Morgan fingerprint density at radius 2 is 1.82 bits per heavy atom. The van der Waals surface area contributed by atoms with Crippen molar-refractivity contribution in [3.05, 3.63) is 35.0 Å². The third-order valence-corrected chi connectivity index (χ3v) is 1.94. The van der Waals surface area contributed by atoms with Crippen LogP contribution in [0.5, 0.6) is 0 Å². The largest absolute Gasteiger partial charge is 0.619 e. The lowest BCUT2D eigenvalue weighted by molar-refractivity contribution is -0.349. The molecule has 0 aliphatic carbocycles. The Morgan fingerprint density at radius 3 is 2.24 bits per heavy atom. The molecule has 90 valence electrons. The van der Waals surface area contributed by atoms with Gasteiger partial charge in [-0.2, -0.15) is 4.74 Å². The lowest BCUT2D eigenvalue weighted by Gasteiger charge is -2.09. The molecule has 1 rings (SSSR count). The highest BCUT2D eigenvalue weighted by Crippen LogP contribution is 2.12. The van der Waals surface area contributed by atoms with Crippen molar-refractivity contribution < 1.29 is 19.1 Å². The van der Waals surface area contributed by atoms with Crippen LogP contribution in [0.15, 0.2) is 24.3 Å². The summed E-state index contributed by atoms with van der Waals surface area (Å²) in [7, 11) is 2.94. The Morgan fingerprint density at radius 1 is 1.29 bits per heavy atom. The van der Waals surface area contributed by atoms with Crippen LogP contribution in [-0.2, 0) is 4.74 Å². The number of carbonyl (C=O) groups excluding carboxylic acids is 2. The molecule has 1 amide bonds. The number of esters is 1. The minimum absolute atomic E-state index is 0.186. The fraction of sp³-hybridized carbons (Fsp3) is 0.182. The normalized spacial score (nSPS) is 9.53. The number of carbonyl (C=O) groups is 2. The molecule has 0 fully saturated rings. The van der Waals surface area contributed by atoms with Gasteiger partial charge in [0.15, 0.2) is 0 Å². The van der Waals surface area contributed by atoms with Gasteiger partial charge in [0.1, 0.15) is 6.72 Å². The molecule has 0 aliphatic heterocycles. The number of hydrogen-bond acceptors (Lipinski definition) is 4. The summed E-state index contributed by atoms with van der Waals surface area (Å²) in [6, 6.07) is 5.60. The second kappa shape index (κ2) is 5.11. The molecule has 0 aromatic heterocycles. The zero-order valence-corrected chi connectivity index (χ0v) is 9.54. The van der Waals surface area contributed by atoms with E-state index in [9.17, 15) is 14.8 Å². The summed E-state index contributed by atoms with van der Waals surface area (Å²) in [4.78, 5) is 23.7. The molecule has 17 heavy (non-hydrogen) atoms. The molecular formula is C11H12N2O4. The van der Waals surface area contributed by atoms with E-state index in [4.69, 9.17) is 0 Å². The van der Waals surface area contributed by atoms with E-state index in [1.165, 1.54) is 38.4 Å². The molecule has 1 aromatic rings.